The molecule has 0 saturated carbocycles. The van der Waals surface area contributed by atoms with Crippen molar-refractivity contribution >= 4 is 29.4 Å². The fourth-order valence-corrected chi connectivity index (χ4v) is 3.71. The van der Waals surface area contributed by atoms with Crippen molar-refractivity contribution in [3.8, 4) is 5.75 Å². The second-order valence-electron chi connectivity index (χ2n) is 5.75. The standard InChI is InChI=1S/C19H20N2O4S/c1-24-16-9-5-8-15(10-16)20-18(22)17-12-26-13-21(17)19(23)25-11-14-6-3-2-4-7-14/h2-10,17H,11-13H2,1H3,(H,20,22)/t17-/m1/s1. The van der Waals surface area contributed by atoms with E-state index in [1.54, 1.807) is 31.4 Å². The zero-order valence-electron chi connectivity index (χ0n) is 14.4. The zero-order valence-corrected chi connectivity index (χ0v) is 15.2. The van der Waals surface area contributed by atoms with Gasteiger partial charge in [-0.15, -0.1) is 11.8 Å². The first-order valence-electron chi connectivity index (χ1n) is 8.17. The molecule has 1 atom stereocenters. The van der Waals surface area contributed by atoms with Gasteiger partial charge in [-0.25, -0.2) is 4.79 Å². The van der Waals surface area contributed by atoms with Crippen LogP contribution in [0.4, 0.5) is 10.5 Å². The summed E-state index contributed by atoms with van der Waals surface area (Å²) in [5.41, 5.74) is 1.54. The van der Waals surface area contributed by atoms with Gasteiger partial charge in [0.25, 0.3) is 0 Å². The van der Waals surface area contributed by atoms with Crippen LogP contribution in [-0.4, -0.2) is 41.7 Å². The lowest BCUT2D eigenvalue weighted by Gasteiger charge is -2.22. The highest BCUT2D eigenvalue weighted by atomic mass is 32.2. The van der Waals surface area contributed by atoms with Gasteiger partial charge >= 0.3 is 6.09 Å². The first kappa shape index (κ1) is 18.1. The Morgan fingerprint density at radius 1 is 1.19 bits per heavy atom. The van der Waals surface area contributed by atoms with Crippen molar-refractivity contribution in [3.05, 3.63) is 60.2 Å². The molecule has 1 heterocycles. The van der Waals surface area contributed by atoms with Crippen molar-refractivity contribution in [2.24, 2.45) is 0 Å². The molecule has 1 aliphatic heterocycles. The van der Waals surface area contributed by atoms with E-state index in [0.29, 0.717) is 23.1 Å². The number of carbonyl (C=O) groups excluding carboxylic acids is 2. The normalized spacial score (nSPS) is 16.2. The van der Waals surface area contributed by atoms with E-state index in [0.717, 1.165) is 5.56 Å². The molecule has 1 aliphatic rings. The maximum absolute atomic E-state index is 12.6. The Morgan fingerprint density at radius 2 is 2.00 bits per heavy atom. The van der Waals surface area contributed by atoms with Crippen LogP contribution in [0.1, 0.15) is 5.56 Å². The molecule has 1 saturated heterocycles. The van der Waals surface area contributed by atoms with Crippen LogP contribution >= 0.6 is 11.8 Å². The molecular weight excluding hydrogens is 352 g/mol. The van der Waals surface area contributed by atoms with E-state index in [-0.39, 0.29) is 12.5 Å². The number of hydrogen-bond donors (Lipinski definition) is 1. The van der Waals surface area contributed by atoms with Gasteiger partial charge in [-0.2, -0.15) is 0 Å². The molecule has 0 bridgehead atoms. The fourth-order valence-electron chi connectivity index (χ4n) is 2.57. The number of rotatable bonds is 5. The van der Waals surface area contributed by atoms with E-state index in [2.05, 4.69) is 5.32 Å². The molecule has 0 aliphatic carbocycles. The maximum Gasteiger partial charge on any atom is 0.411 e. The Morgan fingerprint density at radius 3 is 2.77 bits per heavy atom. The topological polar surface area (TPSA) is 67.9 Å². The van der Waals surface area contributed by atoms with Crippen LogP contribution in [0, 0.1) is 0 Å². The summed E-state index contributed by atoms with van der Waals surface area (Å²) < 4.78 is 10.5. The minimum absolute atomic E-state index is 0.186. The Labute approximate surface area is 156 Å². The smallest absolute Gasteiger partial charge is 0.411 e. The third-order valence-corrected chi connectivity index (χ3v) is 4.97. The number of nitrogens with one attached hydrogen (secondary N) is 1. The molecular formula is C19H20N2O4S. The van der Waals surface area contributed by atoms with E-state index in [9.17, 15) is 9.59 Å². The number of hydrogen-bond acceptors (Lipinski definition) is 5. The molecule has 0 spiro atoms. The molecule has 2 aromatic carbocycles. The van der Waals surface area contributed by atoms with Crippen LogP contribution in [0.2, 0.25) is 0 Å². The summed E-state index contributed by atoms with van der Waals surface area (Å²) in [6.45, 7) is 0.186. The van der Waals surface area contributed by atoms with Gasteiger partial charge in [0.15, 0.2) is 0 Å². The molecule has 1 N–H and O–H groups in total. The summed E-state index contributed by atoms with van der Waals surface area (Å²) in [4.78, 5) is 26.4. The first-order valence-corrected chi connectivity index (χ1v) is 9.33. The highest BCUT2D eigenvalue weighted by Gasteiger charge is 2.35. The van der Waals surface area contributed by atoms with Crippen LogP contribution in [0.25, 0.3) is 0 Å². The van der Waals surface area contributed by atoms with E-state index in [1.165, 1.54) is 16.7 Å². The maximum atomic E-state index is 12.6. The van der Waals surface area contributed by atoms with Crippen LogP contribution in [0.15, 0.2) is 54.6 Å². The van der Waals surface area contributed by atoms with Crippen molar-refractivity contribution in [3.63, 3.8) is 0 Å². The molecule has 0 unspecified atom stereocenters. The number of benzene rings is 2. The fraction of sp³-hybridized carbons (Fsp3) is 0.263. The van der Waals surface area contributed by atoms with Crippen molar-refractivity contribution in [1.82, 2.24) is 4.90 Å². The molecule has 0 radical (unpaired) electrons. The largest absolute Gasteiger partial charge is 0.497 e. The summed E-state index contributed by atoms with van der Waals surface area (Å²) >= 11 is 1.53. The van der Waals surface area contributed by atoms with Crippen molar-refractivity contribution < 1.29 is 19.1 Å². The third kappa shape index (κ3) is 4.49. The van der Waals surface area contributed by atoms with Gasteiger partial charge in [0.1, 0.15) is 18.4 Å². The molecule has 2 amide bonds. The molecule has 26 heavy (non-hydrogen) atoms. The number of nitrogens with zero attached hydrogens (tertiary/aromatic N) is 1. The van der Waals surface area contributed by atoms with Crippen molar-refractivity contribution in [2.75, 3.05) is 24.1 Å². The zero-order chi connectivity index (χ0) is 18.4. The number of carbonyl (C=O) groups is 2. The number of methoxy groups -OCH3 is 1. The Bertz CT molecular complexity index is 769. The van der Waals surface area contributed by atoms with Gasteiger partial charge in [-0.05, 0) is 17.7 Å². The van der Waals surface area contributed by atoms with E-state index in [4.69, 9.17) is 9.47 Å². The average molecular weight is 372 g/mol. The quantitative estimate of drug-likeness (QED) is 0.872. The van der Waals surface area contributed by atoms with Gasteiger partial charge in [0, 0.05) is 17.5 Å². The Hall–Kier alpha value is -2.67. The van der Waals surface area contributed by atoms with Gasteiger partial charge in [0.2, 0.25) is 5.91 Å². The number of amides is 2. The van der Waals surface area contributed by atoms with Gasteiger partial charge in [-0.3, -0.25) is 9.69 Å². The molecule has 6 nitrogen and oxygen atoms in total. The lowest BCUT2D eigenvalue weighted by atomic mass is 10.2. The lowest BCUT2D eigenvalue weighted by Crippen LogP contribution is -2.44. The van der Waals surface area contributed by atoms with Crippen LogP contribution in [0.5, 0.6) is 5.75 Å². The highest BCUT2D eigenvalue weighted by Crippen LogP contribution is 2.24. The van der Waals surface area contributed by atoms with Crippen molar-refractivity contribution in [2.45, 2.75) is 12.6 Å². The molecule has 2 aromatic rings. The van der Waals surface area contributed by atoms with Gasteiger partial charge in [0.05, 0.1) is 13.0 Å². The summed E-state index contributed by atoms with van der Waals surface area (Å²) in [5, 5.41) is 2.84. The second kappa shape index (κ2) is 8.62. The Balaban J connectivity index is 1.59. The lowest BCUT2D eigenvalue weighted by molar-refractivity contribution is -0.119. The summed E-state index contributed by atoms with van der Waals surface area (Å²) in [7, 11) is 1.57. The molecule has 1 fully saturated rings. The van der Waals surface area contributed by atoms with Crippen LogP contribution < -0.4 is 10.1 Å². The molecule has 0 aromatic heterocycles. The van der Waals surface area contributed by atoms with Crippen LogP contribution in [0.3, 0.4) is 0 Å². The monoisotopic (exact) mass is 372 g/mol. The summed E-state index contributed by atoms with van der Waals surface area (Å²) in [6.07, 6.45) is -0.482. The number of thioether (sulfide) groups is 1. The van der Waals surface area contributed by atoms with Gasteiger partial charge in [-0.1, -0.05) is 36.4 Å². The molecule has 7 heteroatoms. The SMILES string of the molecule is COc1cccc(NC(=O)[C@H]2CSCN2C(=O)OCc2ccccc2)c1. The van der Waals surface area contributed by atoms with Gasteiger partial charge < -0.3 is 14.8 Å². The predicted molar refractivity (Wildman–Crippen MR) is 101 cm³/mol. The van der Waals surface area contributed by atoms with E-state index in [1.807, 2.05) is 30.3 Å². The molecule has 3 rings (SSSR count). The average Bonchev–Trinajstić information content (AvgIpc) is 3.17. The number of anilines is 1. The van der Waals surface area contributed by atoms with E-state index >= 15 is 0 Å². The summed E-state index contributed by atoms with van der Waals surface area (Å²) in [5.74, 6) is 1.39. The van der Waals surface area contributed by atoms with E-state index < -0.39 is 12.1 Å². The first-order chi connectivity index (χ1) is 12.7. The minimum atomic E-state index is -0.561. The Kier molecular flexibility index (Phi) is 6.01. The van der Waals surface area contributed by atoms with Crippen LogP contribution in [-0.2, 0) is 16.1 Å². The minimum Gasteiger partial charge on any atom is -0.497 e. The highest BCUT2D eigenvalue weighted by molar-refractivity contribution is 7.99. The predicted octanol–water partition coefficient (Wildman–Crippen LogP) is 3.35. The van der Waals surface area contributed by atoms with Crippen molar-refractivity contribution in [1.29, 1.82) is 0 Å². The summed E-state index contributed by atoms with van der Waals surface area (Å²) in [6, 6.07) is 16.0. The second-order valence-corrected chi connectivity index (χ2v) is 6.75. The third-order valence-electron chi connectivity index (χ3n) is 3.96. The molecule has 136 valence electrons. The number of ether oxygens (including phenoxy) is 2.